The van der Waals surface area contributed by atoms with Crippen LogP contribution in [-0.2, 0) is 37.0 Å². The summed E-state index contributed by atoms with van der Waals surface area (Å²) in [5.41, 5.74) is 0.523. The molecule has 2 aliphatic rings. The molecule has 9 heteroatoms. The third-order valence-corrected chi connectivity index (χ3v) is 6.45. The highest BCUT2D eigenvalue weighted by molar-refractivity contribution is 5.85. The van der Waals surface area contributed by atoms with Gasteiger partial charge in [0.2, 0.25) is 0 Å². The van der Waals surface area contributed by atoms with Gasteiger partial charge >= 0.3 is 0 Å². The number of fused-ring (bicyclic) bond motifs is 1. The predicted octanol–water partition coefficient (Wildman–Crippen LogP) is 4.13. The molecule has 4 rings (SSSR count). The van der Waals surface area contributed by atoms with E-state index < -0.39 is 41.3 Å². The van der Waals surface area contributed by atoms with Crippen LogP contribution in [-0.4, -0.2) is 42.2 Å². The van der Waals surface area contributed by atoms with Crippen molar-refractivity contribution in [2.24, 2.45) is 0 Å². The van der Waals surface area contributed by atoms with Gasteiger partial charge in [0, 0.05) is 19.4 Å². The standard InChI is InChI=1S/C27H30F2N2O5/c1-4-31-25(32)27(34-16-18-7-5-17(14-30)6-8-18)12-22(24-23(13-27)35-26(2,3)36-24)33-15-19-9-10-20(28)21(29)11-19/h5-11,22-24H,4,12-13,15-16H2,1-3H3,(H,31,32)/t22-,23+,24-,27+/m0/s1. The Labute approximate surface area is 209 Å². The first-order valence-electron chi connectivity index (χ1n) is 12.0. The monoisotopic (exact) mass is 500 g/mol. The minimum absolute atomic E-state index is 0.00399. The highest BCUT2D eigenvalue weighted by Crippen LogP contribution is 2.44. The Morgan fingerprint density at radius 3 is 2.47 bits per heavy atom. The molecule has 192 valence electrons. The van der Waals surface area contributed by atoms with Crippen LogP contribution in [0, 0.1) is 23.0 Å². The zero-order chi connectivity index (χ0) is 25.9. The lowest BCUT2D eigenvalue weighted by Gasteiger charge is -2.43. The number of nitriles is 1. The van der Waals surface area contributed by atoms with Crippen LogP contribution in [0.5, 0.6) is 0 Å². The molecule has 0 bridgehead atoms. The lowest BCUT2D eigenvalue weighted by Crippen LogP contribution is -2.60. The zero-order valence-corrected chi connectivity index (χ0v) is 20.6. The van der Waals surface area contributed by atoms with Gasteiger partial charge in [0.25, 0.3) is 5.91 Å². The van der Waals surface area contributed by atoms with Crippen LogP contribution in [0.25, 0.3) is 0 Å². The van der Waals surface area contributed by atoms with Crippen molar-refractivity contribution >= 4 is 5.91 Å². The van der Waals surface area contributed by atoms with E-state index in [-0.39, 0.29) is 32.0 Å². The molecule has 4 atom stereocenters. The largest absolute Gasteiger partial charge is 0.371 e. The van der Waals surface area contributed by atoms with E-state index in [4.69, 9.17) is 24.2 Å². The lowest BCUT2D eigenvalue weighted by molar-refractivity contribution is -0.183. The number of nitrogens with one attached hydrogen (secondary N) is 1. The maximum absolute atomic E-state index is 13.7. The van der Waals surface area contributed by atoms with E-state index in [9.17, 15) is 13.6 Å². The third kappa shape index (κ3) is 5.73. The average molecular weight is 501 g/mol. The summed E-state index contributed by atoms with van der Waals surface area (Å²) < 4.78 is 51.8. The van der Waals surface area contributed by atoms with Crippen molar-refractivity contribution in [2.75, 3.05) is 6.54 Å². The maximum atomic E-state index is 13.7. The quantitative estimate of drug-likeness (QED) is 0.586. The number of nitrogens with zero attached hydrogens (tertiary/aromatic N) is 1. The first-order chi connectivity index (χ1) is 17.1. The molecule has 2 aromatic carbocycles. The topological polar surface area (TPSA) is 89.8 Å². The molecule has 0 spiro atoms. The fourth-order valence-electron chi connectivity index (χ4n) is 4.76. The van der Waals surface area contributed by atoms with Crippen LogP contribution in [0.3, 0.4) is 0 Å². The molecular weight excluding hydrogens is 470 g/mol. The Morgan fingerprint density at radius 1 is 1.08 bits per heavy atom. The molecule has 1 aliphatic carbocycles. The van der Waals surface area contributed by atoms with Gasteiger partial charge < -0.3 is 24.3 Å². The summed E-state index contributed by atoms with van der Waals surface area (Å²) in [6, 6.07) is 12.6. The number of ether oxygens (including phenoxy) is 4. The molecule has 1 heterocycles. The molecule has 1 N–H and O–H groups in total. The first kappa shape index (κ1) is 26.2. The van der Waals surface area contributed by atoms with Crippen LogP contribution < -0.4 is 5.32 Å². The summed E-state index contributed by atoms with van der Waals surface area (Å²) in [7, 11) is 0. The summed E-state index contributed by atoms with van der Waals surface area (Å²) in [5.74, 6) is -3.06. The molecule has 7 nitrogen and oxygen atoms in total. The maximum Gasteiger partial charge on any atom is 0.252 e. The normalized spacial score (nSPS) is 26.7. The van der Waals surface area contributed by atoms with Gasteiger partial charge in [-0.05, 0) is 56.2 Å². The summed E-state index contributed by atoms with van der Waals surface area (Å²) in [4.78, 5) is 13.4. The van der Waals surface area contributed by atoms with Crippen LogP contribution in [0.1, 0.15) is 50.3 Å². The van der Waals surface area contributed by atoms with E-state index in [1.807, 2.05) is 6.92 Å². The molecule has 0 unspecified atom stereocenters. The minimum Gasteiger partial charge on any atom is -0.371 e. The fourth-order valence-corrected chi connectivity index (χ4v) is 4.76. The highest BCUT2D eigenvalue weighted by atomic mass is 19.2. The Kier molecular flexibility index (Phi) is 7.71. The molecular formula is C27H30F2N2O5. The second-order valence-electron chi connectivity index (χ2n) is 9.60. The van der Waals surface area contributed by atoms with Gasteiger partial charge in [-0.25, -0.2) is 8.78 Å². The number of likely N-dealkylation sites (N-methyl/N-ethyl adjacent to an activating group) is 1. The van der Waals surface area contributed by atoms with Crippen LogP contribution >= 0.6 is 0 Å². The van der Waals surface area contributed by atoms with E-state index in [2.05, 4.69) is 11.4 Å². The number of hydrogen-bond donors (Lipinski definition) is 1. The second kappa shape index (κ2) is 10.6. The Balaban J connectivity index is 1.58. The number of carbonyl (C=O) groups excluding carboxylic acids is 1. The number of halogens is 2. The van der Waals surface area contributed by atoms with E-state index in [1.54, 1.807) is 38.1 Å². The van der Waals surface area contributed by atoms with Crippen LogP contribution in [0.4, 0.5) is 8.78 Å². The molecule has 0 aromatic heterocycles. The van der Waals surface area contributed by atoms with Gasteiger partial charge in [0.15, 0.2) is 23.0 Å². The minimum atomic E-state index is -1.27. The van der Waals surface area contributed by atoms with E-state index in [0.29, 0.717) is 17.7 Å². The van der Waals surface area contributed by atoms with Crippen molar-refractivity contribution in [3.63, 3.8) is 0 Å². The predicted molar refractivity (Wildman–Crippen MR) is 125 cm³/mol. The average Bonchev–Trinajstić information content (AvgIpc) is 3.17. The van der Waals surface area contributed by atoms with Gasteiger partial charge in [0.05, 0.1) is 37.1 Å². The van der Waals surface area contributed by atoms with Gasteiger partial charge in [0.1, 0.15) is 6.10 Å². The number of hydrogen-bond acceptors (Lipinski definition) is 6. The summed E-state index contributed by atoms with van der Waals surface area (Å²) in [5, 5.41) is 11.9. The number of rotatable bonds is 8. The summed E-state index contributed by atoms with van der Waals surface area (Å²) in [6.45, 7) is 5.97. The Bertz CT molecular complexity index is 1130. The Morgan fingerprint density at radius 2 is 1.81 bits per heavy atom. The van der Waals surface area contributed by atoms with Crippen LogP contribution in [0.15, 0.2) is 42.5 Å². The van der Waals surface area contributed by atoms with Gasteiger partial charge in [-0.15, -0.1) is 0 Å². The molecule has 1 saturated carbocycles. The molecule has 2 aromatic rings. The highest BCUT2D eigenvalue weighted by Gasteiger charge is 2.57. The van der Waals surface area contributed by atoms with Gasteiger partial charge in [-0.3, -0.25) is 4.79 Å². The molecule has 2 fully saturated rings. The van der Waals surface area contributed by atoms with Gasteiger partial charge in [-0.2, -0.15) is 5.26 Å². The third-order valence-electron chi connectivity index (χ3n) is 6.45. The van der Waals surface area contributed by atoms with E-state index in [0.717, 1.165) is 17.7 Å². The van der Waals surface area contributed by atoms with Crippen molar-refractivity contribution in [1.82, 2.24) is 5.32 Å². The summed E-state index contributed by atoms with van der Waals surface area (Å²) >= 11 is 0. The van der Waals surface area contributed by atoms with Crippen molar-refractivity contribution in [1.29, 1.82) is 5.26 Å². The molecule has 1 saturated heterocycles. The van der Waals surface area contributed by atoms with E-state index >= 15 is 0 Å². The van der Waals surface area contributed by atoms with Gasteiger partial charge in [-0.1, -0.05) is 18.2 Å². The number of carbonyl (C=O) groups is 1. The van der Waals surface area contributed by atoms with Crippen molar-refractivity contribution in [3.05, 3.63) is 70.8 Å². The van der Waals surface area contributed by atoms with E-state index in [1.165, 1.54) is 6.07 Å². The van der Waals surface area contributed by atoms with Crippen LogP contribution in [0.2, 0.25) is 0 Å². The second-order valence-corrected chi connectivity index (χ2v) is 9.60. The smallest absolute Gasteiger partial charge is 0.252 e. The SMILES string of the molecule is CCNC(=O)[C@@]1(OCc2ccc(C#N)cc2)C[C@H](OCc2ccc(F)c(F)c2)[C@@H]2OC(C)(C)O[C@@H]2C1. The zero-order valence-electron chi connectivity index (χ0n) is 20.6. The lowest BCUT2D eigenvalue weighted by atomic mass is 9.78. The molecule has 1 amide bonds. The first-order valence-corrected chi connectivity index (χ1v) is 12.0. The Hall–Kier alpha value is -2.90. The molecule has 1 aliphatic heterocycles. The fraction of sp³-hybridized carbons (Fsp3) is 0.481. The van der Waals surface area contributed by atoms with Crippen molar-refractivity contribution < 1.29 is 32.5 Å². The number of amides is 1. The molecule has 36 heavy (non-hydrogen) atoms. The van der Waals surface area contributed by atoms with Crippen molar-refractivity contribution in [3.8, 4) is 6.07 Å². The van der Waals surface area contributed by atoms with Crippen molar-refractivity contribution in [2.45, 2.75) is 76.5 Å². The summed E-state index contributed by atoms with van der Waals surface area (Å²) in [6.07, 6.45) is -1.12. The molecule has 0 radical (unpaired) electrons. The number of benzene rings is 2.